The van der Waals surface area contributed by atoms with Gasteiger partial charge in [-0.1, -0.05) is 6.07 Å². The van der Waals surface area contributed by atoms with Crippen LogP contribution in [0.1, 0.15) is 21.6 Å². The number of aryl methyl sites for hydroxylation is 2. The summed E-state index contributed by atoms with van der Waals surface area (Å²) in [6.45, 7) is 3.59. The molecule has 2 aromatic rings. The maximum absolute atomic E-state index is 11.9. The molecule has 5 heteroatoms. The first-order valence-electron chi connectivity index (χ1n) is 5.51. The molecule has 0 aliphatic heterocycles. The van der Waals surface area contributed by atoms with Crippen LogP contribution in [0.2, 0.25) is 0 Å². The molecule has 0 bridgehead atoms. The van der Waals surface area contributed by atoms with Gasteiger partial charge in [0.1, 0.15) is 11.4 Å². The molecule has 2 rings (SSSR count). The lowest BCUT2D eigenvalue weighted by Crippen LogP contribution is -2.24. The van der Waals surface area contributed by atoms with Gasteiger partial charge in [0.25, 0.3) is 11.5 Å². The van der Waals surface area contributed by atoms with Crippen molar-refractivity contribution in [3.05, 3.63) is 57.6 Å². The molecule has 0 atom stereocenters. The Hall–Kier alpha value is -2.43. The van der Waals surface area contributed by atoms with Crippen LogP contribution in [0.25, 0.3) is 0 Å². The molecule has 0 spiro atoms. The third-order valence-electron chi connectivity index (χ3n) is 2.54. The SMILES string of the molecule is Cc1ccc(C(=O)Nc2ncccc2C)c(=O)[nH]1. The summed E-state index contributed by atoms with van der Waals surface area (Å²) in [5.41, 5.74) is 1.23. The Morgan fingerprint density at radius 3 is 2.72 bits per heavy atom. The fourth-order valence-corrected chi connectivity index (χ4v) is 1.54. The molecule has 0 fully saturated rings. The molecule has 0 aliphatic carbocycles. The number of pyridine rings is 2. The van der Waals surface area contributed by atoms with E-state index in [1.165, 1.54) is 6.07 Å². The van der Waals surface area contributed by atoms with E-state index in [2.05, 4.69) is 15.3 Å². The van der Waals surface area contributed by atoms with Gasteiger partial charge in [-0.3, -0.25) is 9.59 Å². The highest BCUT2D eigenvalue weighted by Crippen LogP contribution is 2.10. The molecule has 0 aliphatic rings. The summed E-state index contributed by atoms with van der Waals surface area (Å²) >= 11 is 0. The highest BCUT2D eigenvalue weighted by Gasteiger charge is 2.11. The number of hydrogen-bond donors (Lipinski definition) is 2. The predicted molar refractivity (Wildman–Crippen MR) is 68.7 cm³/mol. The molecule has 92 valence electrons. The topological polar surface area (TPSA) is 74.8 Å². The van der Waals surface area contributed by atoms with Crippen LogP contribution in [0.5, 0.6) is 0 Å². The lowest BCUT2D eigenvalue weighted by molar-refractivity contribution is 0.102. The van der Waals surface area contributed by atoms with E-state index >= 15 is 0 Å². The Labute approximate surface area is 104 Å². The van der Waals surface area contributed by atoms with E-state index in [0.717, 1.165) is 5.56 Å². The van der Waals surface area contributed by atoms with Gasteiger partial charge in [0, 0.05) is 11.9 Å². The van der Waals surface area contributed by atoms with Crippen LogP contribution in [-0.2, 0) is 0 Å². The number of nitrogens with one attached hydrogen (secondary N) is 2. The van der Waals surface area contributed by atoms with E-state index < -0.39 is 11.5 Å². The second-order valence-corrected chi connectivity index (χ2v) is 4.01. The molecule has 2 N–H and O–H groups in total. The average molecular weight is 243 g/mol. The van der Waals surface area contributed by atoms with Gasteiger partial charge in [0.05, 0.1) is 0 Å². The minimum Gasteiger partial charge on any atom is -0.326 e. The molecular weight excluding hydrogens is 230 g/mol. The molecule has 0 unspecified atom stereocenters. The fraction of sp³-hybridized carbons (Fsp3) is 0.154. The third kappa shape index (κ3) is 2.45. The smallest absolute Gasteiger partial charge is 0.262 e. The number of rotatable bonds is 2. The van der Waals surface area contributed by atoms with Crippen molar-refractivity contribution < 1.29 is 4.79 Å². The summed E-state index contributed by atoms with van der Waals surface area (Å²) in [6.07, 6.45) is 1.59. The maximum Gasteiger partial charge on any atom is 0.262 e. The number of H-pyrrole nitrogens is 1. The van der Waals surface area contributed by atoms with Gasteiger partial charge in [-0.25, -0.2) is 4.98 Å². The number of hydrogen-bond acceptors (Lipinski definition) is 3. The normalized spacial score (nSPS) is 10.1. The molecule has 5 nitrogen and oxygen atoms in total. The van der Waals surface area contributed by atoms with Gasteiger partial charge < -0.3 is 10.3 Å². The zero-order chi connectivity index (χ0) is 13.1. The highest BCUT2D eigenvalue weighted by molar-refractivity contribution is 6.03. The summed E-state index contributed by atoms with van der Waals surface area (Å²) in [7, 11) is 0. The van der Waals surface area contributed by atoms with E-state index in [-0.39, 0.29) is 5.56 Å². The monoisotopic (exact) mass is 243 g/mol. The Kier molecular flexibility index (Phi) is 3.23. The molecule has 0 radical (unpaired) electrons. The van der Waals surface area contributed by atoms with Crippen LogP contribution in [0, 0.1) is 13.8 Å². The van der Waals surface area contributed by atoms with Gasteiger partial charge in [0.15, 0.2) is 0 Å². The minimum absolute atomic E-state index is 0.0747. The van der Waals surface area contributed by atoms with Crippen LogP contribution in [0.4, 0.5) is 5.82 Å². The van der Waals surface area contributed by atoms with E-state index in [4.69, 9.17) is 0 Å². The number of carbonyl (C=O) groups excluding carboxylic acids is 1. The van der Waals surface area contributed by atoms with E-state index in [1.807, 2.05) is 13.0 Å². The molecule has 1 amide bonds. The van der Waals surface area contributed by atoms with Gasteiger partial charge in [0.2, 0.25) is 0 Å². The third-order valence-corrected chi connectivity index (χ3v) is 2.54. The van der Waals surface area contributed by atoms with Crippen molar-refractivity contribution in [3.8, 4) is 0 Å². The summed E-state index contributed by atoms with van der Waals surface area (Å²) in [4.78, 5) is 30.2. The summed E-state index contributed by atoms with van der Waals surface area (Å²) in [6, 6.07) is 6.80. The molecule has 0 aromatic carbocycles. The Morgan fingerprint density at radius 2 is 2.06 bits per heavy atom. The zero-order valence-electron chi connectivity index (χ0n) is 10.2. The van der Waals surface area contributed by atoms with Crippen molar-refractivity contribution in [1.29, 1.82) is 0 Å². The van der Waals surface area contributed by atoms with E-state index in [9.17, 15) is 9.59 Å². The van der Waals surface area contributed by atoms with Crippen molar-refractivity contribution in [2.45, 2.75) is 13.8 Å². The first kappa shape index (κ1) is 12.0. The van der Waals surface area contributed by atoms with Crippen molar-refractivity contribution in [1.82, 2.24) is 9.97 Å². The van der Waals surface area contributed by atoms with Crippen LogP contribution in [0.15, 0.2) is 35.3 Å². The van der Waals surface area contributed by atoms with Crippen molar-refractivity contribution in [3.63, 3.8) is 0 Å². The van der Waals surface area contributed by atoms with Gasteiger partial charge in [-0.2, -0.15) is 0 Å². The lowest BCUT2D eigenvalue weighted by atomic mass is 10.2. The Balaban J connectivity index is 2.28. The first-order chi connectivity index (χ1) is 8.58. The summed E-state index contributed by atoms with van der Waals surface area (Å²) in [5.74, 6) is 0.000486. The number of carbonyl (C=O) groups is 1. The van der Waals surface area contributed by atoms with Crippen molar-refractivity contribution in [2.75, 3.05) is 5.32 Å². The second-order valence-electron chi connectivity index (χ2n) is 4.01. The predicted octanol–water partition coefficient (Wildman–Crippen LogP) is 1.64. The van der Waals surface area contributed by atoms with Crippen LogP contribution < -0.4 is 10.9 Å². The molecule has 2 heterocycles. The molecule has 18 heavy (non-hydrogen) atoms. The second kappa shape index (κ2) is 4.83. The molecular formula is C13H13N3O2. The van der Waals surface area contributed by atoms with Crippen LogP contribution in [-0.4, -0.2) is 15.9 Å². The molecule has 0 saturated carbocycles. The highest BCUT2D eigenvalue weighted by atomic mass is 16.2. The van der Waals surface area contributed by atoms with Crippen LogP contribution >= 0.6 is 0 Å². The Bertz CT molecular complexity index is 647. The standard InChI is InChI=1S/C13H13N3O2/c1-8-4-3-7-14-11(8)16-13(18)10-6-5-9(2)15-12(10)17/h3-7H,1-2H3,(H,15,17)(H,14,16,18). The quantitative estimate of drug-likeness (QED) is 0.842. The largest absolute Gasteiger partial charge is 0.326 e. The molecule has 0 saturated heterocycles. The summed E-state index contributed by atoms with van der Waals surface area (Å²) in [5, 5.41) is 2.62. The van der Waals surface area contributed by atoms with E-state index in [0.29, 0.717) is 11.5 Å². The average Bonchev–Trinajstić information content (AvgIpc) is 2.32. The van der Waals surface area contributed by atoms with Gasteiger partial charge in [-0.05, 0) is 37.6 Å². The first-order valence-corrected chi connectivity index (χ1v) is 5.51. The maximum atomic E-state index is 11.9. The lowest BCUT2D eigenvalue weighted by Gasteiger charge is -2.06. The number of amides is 1. The van der Waals surface area contributed by atoms with E-state index in [1.54, 1.807) is 25.3 Å². The number of anilines is 1. The summed E-state index contributed by atoms with van der Waals surface area (Å²) < 4.78 is 0. The van der Waals surface area contributed by atoms with Crippen molar-refractivity contribution >= 4 is 11.7 Å². The van der Waals surface area contributed by atoms with Crippen molar-refractivity contribution in [2.24, 2.45) is 0 Å². The number of nitrogens with zero attached hydrogens (tertiary/aromatic N) is 1. The van der Waals surface area contributed by atoms with Gasteiger partial charge in [-0.15, -0.1) is 0 Å². The molecule has 2 aromatic heterocycles. The number of aromatic amines is 1. The minimum atomic E-state index is -0.460. The fourth-order valence-electron chi connectivity index (χ4n) is 1.54. The zero-order valence-corrected chi connectivity index (χ0v) is 10.2. The van der Waals surface area contributed by atoms with Gasteiger partial charge >= 0.3 is 0 Å². The van der Waals surface area contributed by atoms with Crippen LogP contribution in [0.3, 0.4) is 0 Å². The number of aromatic nitrogens is 2. The Morgan fingerprint density at radius 1 is 1.28 bits per heavy atom.